The monoisotopic (exact) mass is 418 g/mol. The first-order chi connectivity index (χ1) is 12.5. The number of sulfone groups is 2. The van der Waals surface area contributed by atoms with Gasteiger partial charge in [0.15, 0.2) is 19.7 Å². The van der Waals surface area contributed by atoms with Gasteiger partial charge in [-0.25, -0.2) is 21.2 Å². The van der Waals surface area contributed by atoms with Gasteiger partial charge in [-0.1, -0.05) is 0 Å². The van der Waals surface area contributed by atoms with Gasteiger partial charge in [-0.15, -0.1) is 0 Å². The fourth-order valence-corrected chi connectivity index (χ4v) is 8.68. The van der Waals surface area contributed by atoms with Crippen LogP contribution in [0.3, 0.4) is 0 Å². The summed E-state index contributed by atoms with van der Waals surface area (Å²) < 4.78 is 64.3. The molecule has 3 rings (SSSR count). The lowest BCUT2D eigenvalue weighted by Crippen LogP contribution is -2.55. The number of hydrogen-bond acceptors (Lipinski definition) is 6. The van der Waals surface area contributed by atoms with Gasteiger partial charge in [0.25, 0.3) is 0 Å². The Kier molecular flexibility index (Phi) is 5.35. The van der Waals surface area contributed by atoms with Gasteiger partial charge in [0.05, 0.1) is 21.7 Å². The average molecular weight is 419 g/mol. The standard InChI is InChI=1S/C17H23FN2O5S2/c1-12-9-14(3-4-15(12)18)27(24,25)17-11-26(22,23)10-16(17)20-7-5-19(6-8-20)13(2)21/h3-4,9,16-17H,5-8,10-11H2,1-2H3. The van der Waals surface area contributed by atoms with Crippen molar-refractivity contribution in [2.75, 3.05) is 37.7 Å². The molecule has 1 aromatic rings. The van der Waals surface area contributed by atoms with E-state index in [1.54, 1.807) is 4.90 Å². The number of piperazine rings is 1. The van der Waals surface area contributed by atoms with Gasteiger partial charge in [0.2, 0.25) is 5.91 Å². The highest BCUT2D eigenvalue weighted by atomic mass is 32.2. The summed E-state index contributed by atoms with van der Waals surface area (Å²) in [6, 6.07) is 2.86. The van der Waals surface area contributed by atoms with Crippen LogP contribution in [0.25, 0.3) is 0 Å². The fraction of sp³-hybridized carbons (Fsp3) is 0.588. The molecule has 2 saturated heterocycles. The van der Waals surface area contributed by atoms with E-state index >= 15 is 0 Å². The zero-order valence-electron chi connectivity index (χ0n) is 15.3. The van der Waals surface area contributed by atoms with Crippen LogP contribution in [0.1, 0.15) is 12.5 Å². The van der Waals surface area contributed by atoms with Crippen molar-refractivity contribution in [1.82, 2.24) is 9.80 Å². The molecule has 2 heterocycles. The summed E-state index contributed by atoms with van der Waals surface area (Å²) >= 11 is 0. The van der Waals surface area contributed by atoms with Crippen molar-refractivity contribution in [2.45, 2.75) is 30.0 Å². The van der Waals surface area contributed by atoms with Crippen molar-refractivity contribution in [3.05, 3.63) is 29.6 Å². The minimum absolute atomic E-state index is 0.0559. The van der Waals surface area contributed by atoms with Crippen LogP contribution in [0.5, 0.6) is 0 Å². The molecule has 2 aliphatic heterocycles. The Morgan fingerprint density at radius 2 is 1.78 bits per heavy atom. The van der Waals surface area contributed by atoms with Crippen LogP contribution in [0, 0.1) is 12.7 Å². The van der Waals surface area contributed by atoms with Gasteiger partial charge in [0, 0.05) is 39.1 Å². The molecule has 2 fully saturated rings. The second kappa shape index (κ2) is 7.14. The van der Waals surface area contributed by atoms with E-state index in [1.165, 1.54) is 26.0 Å². The van der Waals surface area contributed by atoms with E-state index in [0.29, 0.717) is 26.2 Å². The van der Waals surface area contributed by atoms with Crippen LogP contribution < -0.4 is 0 Å². The summed E-state index contributed by atoms with van der Waals surface area (Å²) in [5.41, 5.74) is 0.198. The normalized spacial score (nSPS) is 26.3. The van der Waals surface area contributed by atoms with Gasteiger partial charge < -0.3 is 4.90 Å². The highest BCUT2D eigenvalue weighted by molar-refractivity contribution is 7.96. The molecular formula is C17H23FN2O5S2. The lowest BCUT2D eigenvalue weighted by Gasteiger charge is -2.39. The highest BCUT2D eigenvalue weighted by Gasteiger charge is 2.48. The van der Waals surface area contributed by atoms with Gasteiger partial charge >= 0.3 is 0 Å². The number of halogens is 1. The van der Waals surface area contributed by atoms with Gasteiger partial charge in [-0.05, 0) is 30.7 Å². The minimum Gasteiger partial charge on any atom is -0.340 e. The quantitative estimate of drug-likeness (QED) is 0.653. The summed E-state index contributed by atoms with van der Waals surface area (Å²) in [5, 5.41) is -1.10. The zero-order chi connectivity index (χ0) is 20.0. The Labute approximate surface area is 159 Å². The molecule has 0 aromatic heterocycles. The van der Waals surface area contributed by atoms with Crippen molar-refractivity contribution in [2.24, 2.45) is 0 Å². The maximum absolute atomic E-state index is 13.5. The van der Waals surface area contributed by atoms with Crippen molar-refractivity contribution >= 4 is 25.6 Å². The van der Waals surface area contributed by atoms with E-state index in [1.807, 2.05) is 4.90 Å². The van der Waals surface area contributed by atoms with E-state index in [4.69, 9.17) is 0 Å². The third-order valence-electron chi connectivity index (χ3n) is 5.36. The van der Waals surface area contributed by atoms with Crippen LogP contribution in [0.4, 0.5) is 4.39 Å². The van der Waals surface area contributed by atoms with Crippen LogP contribution in [0.2, 0.25) is 0 Å². The van der Waals surface area contributed by atoms with Crippen molar-refractivity contribution in [3.8, 4) is 0 Å². The number of carbonyl (C=O) groups is 1. The minimum atomic E-state index is -3.95. The van der Waals surface area contributed by atoms with Gasteiger partial charge in [-0.2, -0.15) is 0 Å². The summed E-state index contributed by atoms with van der Waals surface area (Å²) in [6.07, 6.45) is 0. The summed E-state index contributed by atoms with van der Waals surface area (Å²) in [7, 11) is -7.45. The van der Waals surface area contributed by atoms with Crippen LogP contribution in [0.15, 0.2) is 23.1 Å². The predicted octanol–water partition coefficient (Wildman–Crippen LogP) is 0.238. The van der Waals surface area contributed by atoms with Gasteiger partial charge in [-0.3, -0.25) is 9.69 Å². The molecule has 0 saturated carbocycles. The lowest BCUT2D eigenvalue weighted by atomic mass is 10.2. The van der Waals surface area contributed by atoms with E-state index < -0.39 is 42.5 Å². The number of hydrogen-bond donors (Lipinski definition) is 0. The number of amides is 1. The predicted molar refractivity (Wildman–Crippen MR) is 98.4 cm³/mol. The summed E-state index contributed by atoms with van der Waals surface area (Å²) in [4.78, 5) is 14.9. The largest absolute Gasteiger partial charge is 0.340 e. The van der Waals surface area contributed by atoms with Gasteiger partial charge in [0.1, 0.15) is 5.82 Å². The highest BCUT2D eigenvalue weighted by Crippen LogP contribution is 2.30. The molecule has 10 heteroatoms. The molecule has 2 unspecified atom stereocenters. The maximum Gasteiger partial charge on any atom is 0.219 e. The number of rotatable bonds is 3. The van der Waals surface area contributed by atoms with E-state index in [2.05, 4.69) is 0 Å². The Morgan fingerprint density at radius 3 is 2.33 bits per heavy atom. The van der Waals surface area contributed by atoms with Crippen molar-refractivity contribution in [3.63, 3.8) is 0 Å². The first-order valence-electron chi connectivity index (χ1n) is 8.71. The Balaban J connectivity index is 1.90. The molecule has 0 radical (unpaired) electrons. The first kappa shape index (κ1) is 20.2. The number of aryl methyl sites for hydroxylation is 1. The third-order valence-corrected chi connectivity index (χ3v) is 9.47. The third kappa shape index (κ3) is 4.02. The summed E-state index contributed by atoms with van der Waals surface area (Å²) in [6.45, 7) is 4.67. The molecule has 0 aliphatic carbocycles. The smallest absolute Gasteiger partial charge is 0.219 e. The van der Waals surface area contributed by atoms with Crippen molar-refractivity contribution < 1.29 is 26.0 Å². The molecule has 0 bridgehead atoms. The van der Waals surface area contributed by atoms with E-state index in [9.17, 15) is 26.0 Å². The second-order valence-corrected chi connectivity index (χ2v) is 11.5. The zero-order valence-corrected chi connectivity index (χ0v) is 16.9. The maximum atomic E-state index is 13.5. The second-order valence-electron chi connectivity index (χ2n) is 7.18. The topological polar surface area (TPSA) is 91.8 Å². The molecule has 150 valence electrons. The number of carbonyl (C=O) groups excluding carboxylic acids is 1. The van der Waals surface area contributed by atoms with Crippen molar-refractivity contribution in [1.29, 1.82) is 0 Å². The molecule has 2 atom stereocenters. The van der Waals surface area contributed by atoms with Crippen LogP contribution in [-0.2, 0) is 24.5 Å². The molecular weight excluding hydrogens is 395 g/mol. The Morgan fingerprint density at radius 1 is 1.15 bits per heavy atom. The van der Waals surface area contributed by atoms with E-state index in [-0.39, 0.29) is 22.1 Å². The number of benzene rings is 1. The molecule has 0 spiro atoms. The Hall–Kier alpha value is -1.52. The molecule has 27 heavy (non-hydrogen) atoms. The average Bonchev–Trinajstić information content (AvgIpc) is 2.94. The number of nitrogens with zero attached hydrogens (tertiary/aromatic N) is 2. The van der Waals surface area contributed by atoms with E-state index in [0.717, 1.165) is 6.07 Å². The first-order valence-corrected chi connectivity index (χ1v) is 12.1. The Bertz CT molecular complexity index is 954. The van der Waals surface area contributed by atoms with Crippen LogP contribution >= 0.6 is 0 Å². The molecule has 1 amide bonds. The fourth-order valence-electron chi connectivity index (χ4n) is 3.77. The van der Waals surface area contributed by atoms with Crippen LogP contribution in [-0.4, -0.2) is 81.5 Å². The SMILES string of the molecule is CC(=O)N1CCN(C2CS(=O)(=O)CC2S(=O)(=O)c2ccc(F)c(C)c2)CC1. The molecule has 2 aliphatic rings. The lowest BCUT2D eigenvalue weighted by molar-refractivity contribution is -0.130. The molecule has 7 nitrogen and oxygen atoms in total. The summed E-state index contributed by atoms with van der Waals surface area (Å²) in [5.74, 6) is -1.23. The molecule has 1 aromatic carbocycles. The molecule has 0 N–H and O–H groups in total.